The summed E-state index contributed by atoms with van der Waals surface area (Å²) >= 11 is 3.50. The van der Waals surface area contributed by atoms with Gasteiger partial charge < -0.3 is 4.90 Å². The van der Waals surface area contributed by atoms with Gasteiger partial charge in [-0.05, 0) is 25.0 Å². The Morgan fingerprint density at radius 2 is 2.00 bits per heavy atom. The maximum atomic E-state index is 12.3. The molecule has 0 aromatic carbocycles. The zero-order valence-electron chi connectivity index (χ0n) is 13.5. The molecule has 0 unspecified atom stereocenters. The van der Waals surface area contributed by atoms with E-state index in [-0.39, 0.29) is 5.91 Å². The number of carbonyl (C=O) groups excluding carboxylic acids is 1. The van der Waals surface area contributed by atoms with Gasteiger partial charge >= 0.3 is 0 Å². The van der Waals surface area contributed by atoms with Gasteiger partial charge in [0.1, 0.15) is 0 Å². The number of thiophene rings is 1. The maximum absolute atomic E-state index is 12.3. The van der Waals surface area contributed by atoms with Crippen LogP contribution >= 0.6 is 22.7 Å². The van der Waals surface area contributed by atoms with E-state index < -0.39 is 0 Å². The molecule has 2 aromatic heterocycles. The number of aromatic nitrogens is 1. The fourth-order valence-electron chi connectivity index (χ4n) is 2.83. The van der Waals surface area contributed by atoms with E-state index in [9.17, 15) is 4.79 Å². The second kappa shape index (κ2) is 8.04. The highest BCUT2D eigenvalue weighted by atomic mass is 32.1. The molecule has 0 atom stereocenters. The molecule has 124 valence electrons. The number of aryl methyl sites for hydroxylation is 2. The van der Waals surface area contributed by atoms with Crippen molar-refractivity contribution >= 4 is 28.6 Å². The number of nitrogens with zero attached hydrogens (tertiary/aromatic N) is 3. The number of hydrogen-bond acceptors (Lipinski definition) is 5. The van der Waals surface area contributed by atoms with Crippen molar-refractivity contribution in [2.24, 2.45) is 0 Å². The third-order valence-corrected chi connectivity index (χ3v) is 6.10. The van der Waals surface area contributed by atoms with Crippen LogP contribution in [-0.4, -0.2) is 46.9 Å². The lowest BCUT2D eigenvalue weighted by molar-refractivity contribution is -0.133. The molecule has 0 aliphatic carbocycles. The van der Waals surface area contributed by atoms with Gasteiger partial charge in [0.05, 0.1) is 11.2 Å². The monoisotopic (exact) mass is 349 g/mol. The number of thiazole rings is 1. The molecule has 1 amide bonds. The smallest absolute Gasteiger partial charge is 0.223 e. The van der Waals surface area contributed by atoms with Crippen LogP contribution in [0.5, 0.6) is 0 Å². The van der Waals surface area contributed by atoms with Crippen LogP contribution in [0.15, 0.2) is 23.0 Å². The largest absolute Gasteiger partial charge is 0.340 e. The fraction of sp³-hybridized carbons (Fsp3) is 0.529. The van der Waals surface area contributed by atoms with Crippen molar-refractivity contribution in [1.82, 2.24) is 14.8 Å². The predicted octanol–water partition coefficient (Wildman–Crippen LogP) is 3.04. The van der Waals surface area contributed by atoms with E-state index in [0.717, 1.165) is 51.3 Å². The number of piperazine rings is 1. The first-order valence-electron chi connectivity index (χ1n) is 8.19. The first-order valence-corrected chi connectivity index (χ1v) is 9.95. The Hall–Kier alpha value is -1.24. The summed E-state index contributed by atoms with van der Waals surface area (Å²) in [4.78, 5) is 23.9. The van der Waals surface area contributed by atoms with Gasteiger partial charge in [-0.3, -0.25) is 9.69 Å². The molecular weight excluding hydrogens is 326 g/mol. The molecule has 1 fully saturated rings. The zero-order valence-corrected chi connectivity index (χ0v) is 15.2. The van der Waals surface area contributed by atoms with Gasteiger partial charge in [0.2, 0.25) is 5.91 Å². The Morgan fingerprint density at radius 1 is 1.22 bits per heavy atom. The summed E-state index contributed by atoms with van der Waals surface area (Å²) in [5.41, 5.74) is 2.86. The van der Waals surface area contributed by atoms with Gasteiger partial charge in [-0.2, -0.15) is 0 Å². The average molecular weight is 350 g/mol. The predicted molar refractivity (Wildman–Crippen MR) is 96.0 cm³/mol. The second-order valence-electron chi connectivity index (χ2n) is 5.86. The SMILES string of the molecule is CCc1ccc(CN2CCN(C(=O)CCc3cscn3)CC2)s1. The first-order chi connectivity index (χ1) is 11.2. The standard InChI is InChI=1S/C17H23N3OS2/c1-2-15-4-5-16(23-15)11-19-7-9-20(10-8-19)17(21)6-3-14-12-22-13-18-14/h4-5,12-13H,2-3,6-11H2,1H3. The summed E-state index contributed by atoms with van der Waals surface area (Å²) in [6.07, 6.45) is 2.46. The number of carbonyl (C=O) groups is 1. The summed E-state index contributed by atoms with van der Waals surface area (Å²) in [5.74, 6) is 0.266. The normalized spacial score (nSPS) is 16.0. The van der Waals surface area contributed by atoms with Crippen LogP contribution in [-0.2, 0) is 24.2 Å². The van der Waals surface area contributed by atoms with Crippen LogP contribution in [0.3, 0.4) is 0 Å². The lowest BCUT2D eigenvalue weighted by Gasteiger charge is -2.34. The number of hydrogen-bond donors (Lipinski definition) is 0. The van der Waals surface area contributed by atoms with Crippen molar-refractivity contribution in [3.05, 3.63) is 38.5 Å². The van der Waals surface area contributed by atoms with Crippen LogP contribution in [0.2, 0.25) is 0 Å². The van der Waals surface area contributed by atoms with Gasteiger partial charge in [0.15, 0.2) is 0 Å². The van der Waals surface area contributed by atoms with E-state index in [0.29, 0.717) is 6.42 Å². The molecule has 0 saturated carbocycles. The molecule has 0 N–H and O–H groups in total. The summed E-state index contributed by atoms with van der Waals surface area (Å²) in [6.45, 7) is 6.87. The molecule has 0 radical (unpaired) electrons. The molecule has 23 heavy (non-hydrogen) atoms. The van der Waals surface area contributed by atoms with E-state index in [4.69, 9.17) is 0 Å². The van der Waals surface area contributed by atoms with Crippen molar-refractivity contribution in [2.45, 2.75) is 32.7 Å². The number of amides is 1. The Morgan fingerprint density at radius 3 is 2.65 bits per heavy atom. The van der Waals surface area contributed by atoms with E-state index in [1.54, 1.807) is 11.3 Å². The highest BCUT2D eigenvalue weighted by Crippen LogP contribution is 2.19. The summed E-state index contributed by atoms with van der Waals surface area (Å²) in [5, 5.41) is 2.02. The van der Waals surface area contributed by atoms with Crippen molar-refractivity contribution < 1.29 is 4.79 Å². The molecule has 3 rings (SSSR count). The minimum atomic E-state index is 0.266. The van der Waals surface area contributed by atoms with Crippen LogP contribution < -0.4 is 0 Å². The lowest BCUT2D eigenvalue weighted by atomic mass is 10.2. The van der Waals surface area contributed by atoms with Crippen molar-refractivity contribution in [1.29, 1.82) is 0 Å². The molecule has 6 heteroatoms. The molecule has 0 bridgehead atoms. The summed E-state index contributed by atoms with van der Waals surface area (Å²) in [6, 6.07) is 4.48. The lowest BCUT2D eigenvalue weighted by Crippen LogP contribution is -2.48. The Balaban J connectivity index is 1.41. The fourth-order valence-corrected chi connectivity index (χ4v) is 4.42. The molecular formula is C17H23N3OS2. The van der Waals surface area contributed by atoms with E-state index in [1.165, 1.54) is 9.75 Å². The van der Waals surface area contributed by atoms with Crippen molar-refractivity contribution in [3.8, 4) is 0 Å². The molecule has 3 heterocycles. The van der Waals surface area contributed by atoms with Gasteiger partial charge in [-0.1, -0.05) is 6.92 Å². The third kappa shape index (κ3) is 4.62. The van der Waals surface area contributed by atoms with Gasteiger partial charge in [-0.15, -0.1) is 22.7 Å². The topological polar surface area (TPSA) is 36.4 Å². The molecule has 1 aliphatic heterocycles. The minimum Gasteiger partial charge on any atom is -0.340 e. The quantitative estimate of drug-likeness (QED) is 0.804. The molecule has 2 aromatic rings. The first kappa shape index (κ1) is 16.6. The van der Waals surface area contributed by atoms with Crippen LogP contribution in [0.4, 0.5) is 0 Å². The Kier molecular flexibility index (Phi) is 5.80. The van der Waals surface area contributed by atoms with Crippen LogP contribution in [0.1, 0.15) is 28.8 Å². The average Bonchev–Trinajstić information content (AvgIpc) is 3.25. The van der Waals surface area contributed by atoms with Crippen LogP contribution in [0.25, 0.3) is 0 Å². The van der Waals surface area contributed by atoms with Gasteiger partial charge in [-0.25, -0.2) is 4.98 Å². The number of rotatable bonds is 6. The summed E-state index contributed by atoms with van der Waals surface area (Å²) < 4.78 is 0. The summed E-state index contributed by atoms with van der Waals surface area (Å²) in [7, 11) is 0. The maximum Gasteiger partial charge on any atom is 0.223 e. The van der Waals surface area contributed by atoms with E-state index in [2.05, 4.69) is 28.9 Å². The van der Waals surface area contributed by atoms with Crippen molar-refractivity contribution in [3.63, 3.8) is 0 Å². The minimum absolute atomic E-state index is 0.266. The highest BCUT2D eigenvalue weighted by molar-refractivity contribution is 7.11. The van der Waals surface area contributed by atoms with Crippen LogP contribution in [0, 0.1) is 0 Å². The van der Waals surface area contributed by atoms with E-state index in [1.807, 2.05) is 27.1 Å². The molecule has 1 aliphatic rings. The Labute approximate surface area is 145 Å². The Bertz CT molecular complexity index is 616. The van der Waals surface area contributed by atoms with Crippen molar-refractivity contribution in [2.75, 3.05) is 26.2 Å². The van der Waals surface area contributed by atoms with Gasteiger partial charge in [0.25, 0.3) is 0 Å². The third-order valence-electron chi connectivity index (χ3n) is 4.25. The second-order valence-corrected chi connectivity index (χ2v) is 7.83. The molecule has 1 saturated heterocycles. The van der Waals surface area contributed by atoms with Gasteiger partial charge in [0, 0.05) is 54.3 Å². The molecule has 4 nitrogen and oxygen atoms in total. The van der Waals surface area contributed by atoms with E-state index >= 15 is 0 Å². The zero-order chi connectivity index (χ0) is 16.1. The highest BCUT2D eigenvalue weighted by Gasteiger charge is 2.21. The molecule has 0 spiro atoms.